The molecule has 1 aromatic rings. The molecule has 0 radical (unpaired) electrons. The standard InChI is InChI=1S/C18H29NO2/c1-12-8-9-18(21-4)15(10-12)17(20)11-19-16-7-5-6-13(2)14(16)3/h8-10,13-14,16-17,19-20H,5-7,11H2,1-4H3. The Balaban J connectivity index is 1.98. The van der Waals surface area contributed by atoms with E-state index in [1.54, 1.807) is 7.11 Å². The van der Waals surface area contributed by atoms with Crippen LogP contribution in [-0.4, -0.2) is 24.8 Å². The van der Waals surface area contributed by atoms with E-state index in [4.69, 9.17) is 4.74 Å². The van der Waals surface area contributed by atoms with E-state index in [-0.39, 0.29) is 0 Å². The van der Waals surface area contributed by atoms with Gasteiger partial charge in [-0.1, -0.05) is 38.3 Å². The first-order valence-corrected chi connectivity index (χ1v) is 8.09. The first-order valence-electron chi connectivity index (χ1n) is 8.09. The molecular formula is C18H29NO2. The molecule has 118 valence electrons. The zero-order valence-electron chi connectivity index (χ0n) is 13.7. The van der Waals surface area contributed by atoms with Gasteiger partial charge in [0.05, 0.1) is 13.2 Å². The van der Waals surface area contributed by atoms with Gasteiger partial charge in [0.15, 0.2) is 0 Å². The smallest absolute Gasteiger partial charge is 0.124 e. The number of aryl methyl sites for hydroxylation is 1. The molecule has 0 aliphatic heterocycles. The number of methoxy groups -OCH3 is 1. The van der Waals surface area contributed by atoms with Crippen molar-refractivity contribution in [2.75, 3.05) is 13.7 Å². The molecule has 4 unspecified atom stereocenters. The molecule has 2 rings (SSSR count). The van der Waals surface area contributed by atoms with Crippen molar-refractivity contribution in [2.24, 2.45) is 11.8 Å². The van der Waals surface area contributed by atoms with Gasteiger partial charge in [0.1, 0.15) is 5.75 Å². The molecule has 1 aliphatic carbocycles. The van der Waals surface area contributed by atoms with E-state index in [0.29, 0.717) is 18.5 Å². The van der Waals surface area contributed by atoms with Gasteiger partial charge in [0.2, 0.25) is 0 Å². The van der Waals surface area contributed by atoms with Gasteiger partial charge in [-0.2, -0.15) is 0 Å². The third-order valence-corrected chi connectivity index (χ3v) is 5.02. The Hall–Kier alpha value is -1.06. The average Bonchev–Trinajstić information content (AvgIpc) is 2.48. The highest BCUT2D eigenvalue weighted by atomic mass is 16.5. The summed E-state index contributed by atoms with van der Waals surface area (Å²) >= 11 is 0. The average molecular weight is 291 g/mol. The highest BCUT2D eigenvalue weighted by molar-refractivity contribution is 5.38. The van der Waals surface area contributed by atoms with Crippen LogP contribution in [0.2, 0.25) is 0 Å². The number of ether oxygens (including phenoxy) is 1. The van der Waals surface area contributed by atoms with Crippen molar-refractivity contribution in [1.29, 1.82) is 0 Å². The van der Waals surface area contributed by atoms with Crippen LogP contribution in [0.1, 0.15) is 50.3 Å². The molecule has 0 heterocycles. The van der Waals surface area contributed by atoms with Crippen LogP contribution in [0.15, 0.2) is 18.2 Å². The fourth-order valence-electron chi connectivity index (χ4n) is 3.36. The van der Waals surface area contributed by atoms with E-state index < -0.39 is 6.10 Å². The first kappa shape index (κ1) is 16.3. The van der Waals surface area contributed by atoms with Gasteiger partial charge in [0.25, 0.3) is 0 Å². The third-order valence-electron chi connectivity index (χ3n) is 5.02. The van der Waals surface area contributed by atoms with Crippen LogP contribution in [0.5, 0.6) is 5.75 Å². The summed E-state index contributed by atoms with van der Waals surface area (Å²) in [5, 5.41) is 14.1. The largest absolute Gasteiger partial charge is 0.496 e. The Labute approximate surface area is 128 Å². The molecule has 0 saturated heterocycles. The van der Waals surface area contributed by atoms with Crippen LogP contribution in [0, 0.1) is 18.8 Å². The molecule has 1 aliphatic rings. The minimum absolute atomic E-state index is 0.513. The second kappa shape index (κ2) is 7.28. The van der Waals surface area contributed by atoms with Crippen molar-refractivity contribution >= 4 is 0 Å². The summed E-state index contributed by atoms with van der Waals surface area (Å²) in [7, 11) is 1.65. The molecule has 1 saturated carbocycles. The number of rotatable bonds is 5. The minimum atomic E-state index is -0.524. The number of aliphatic hydroxyl groups is 1. The van der Waals surface area contributed by atoms with Crippen LogP contribution in [0.4, 0.5) is 0 Å². The Morgan fingerprint density at radius 3 is 2.81 bits per heavy atom. The monoisotopic (exact) mass is 291 g/mol. The molecule has 3 heteroatoms. The maximum Gasteiger partial charge on any atom is 0.124 e. The number of hydrogen-bond acceptors (Lipinski definition) is 3. The van der Waals surface area contributed by atoms with Crippen LogP contribution >= 0.6 is 0 Å². The third kappa shape index (κ3) is 3.98. The minimum Gasteiger partial charge on any atom is -0.496 e. The predicted molar refractivity (Wildman–Crippen MR) is 86.7 cm³/mol. The topological polar surface area (TPSA) is 41.5 Å². The summed E-state index contributed by atoms with van der Waals surface area (Å²) < 4.78 is 5.36. The number of hydrogen-bond donors (Lipinski definition) is 2. The second-order valence-corrected chi connectivity index (χ2v) is 6.54. The highest BCUT2D eigenvalue weighted by Gasteiger charge is 2.27. The lowest BCUT2D eigenvalue weighted by Crippen LogP contribution is -2.42. The molecule has 1 fully saturated rings. The van der Waals surface area contributed by atoms with E-state index in [9.17, 15) is 5.11 Å². The summed E-state index contributed by atoms with van der Waals surface area (Å²) in [5.41, 5.74) is 2.02. The molecule has 0 spiro atoms. The van der Waals surface area contributed by atoms with Crippen molar-refractivity contribution < 1.29 is 9.84 Å². The fourth-order valence-corrected chi connectivity index (χ4v) is 3.36. The number of aliphatic hydroxyl groups excluding tert-OH is 1. The summed E-state index contributed by atoms with van der Waals surface area (Å²) in [6, 6.07) is 6.46. The van der Waals surface area contributed by atoms with Gasteiger partial charge in [-0.05, 0) is 37.3 Å². The molecular weight excluding hydrogens is 262 g/mol. The normalized spacial score (nSPS) is 27.4. The van der Waals surface area contributed by atoms with Gasteiger partial charge in [-0.25, -0.2) is 0 Å². The Kier molecular flexibility index (Phi) is 5.65. The van der Waals surface area contributed by atoms with Gasteiger partial charge >= 0.3 is 0 Å². The maximum atomic E-state index is 10.5. The molecule has 21 heavy (non-hydrogen) atoms. The maximum absolute atomic E-state index is 10.5. The quantitative estimate of drug-likeness (QED) is 0.873. The lowest BCUT2D eigenvalue weighted by Gasteiger charge is -2.35. The van der Waals surface area contributed by atoms with E-state index in [2.05, 4.69) is 19.2 Å². The second-order valence-electron chi connectivity index (χ2n) is 6.54. The van der Waals surface area contributed by atoms with Crippen LogP contribution in [0.25, 0.3) is 0 Å². The lowest BCUT2D eigenvalue weighted by atomic mass is 9.78. The van der Waals surface area contributed by atoms with Crippen LogP contribution in [0.3, 0.4) is 0 Å². The molecule has 4 atom stereocenters. The summed E-state index contributed by atoms with van der Waals surface area (Å²) in [5.74, 6) is 2.20. The highest BCUT2D eigenvalue weighted by Crippen LogP contribution is 2.30. The van der Waals surface area contributed by atoms with E-state index >= 15 is 0 Å². The Morgan fingerprint density at radius 2 is 2.10 bits per heavy atom. The molecule has 1 aromatic carbocycles. The molecule has 0 amide bonds. The van der Waals surface area contributed by atoms with Crippen LogP contribution in [-0.2, 0) is 0 Å². The van der Waals surface area contributed by atoms with Gasteiger partial charge in [0, 0.05) is 18.2 Å². The van der Waals surface area contributed by atoms with Crippen LogP contribution < -0.4 is 10.1 Å². The number of nitrogens with one attached hydrogen (secondary N) is 1. The van der Waals surface area contributed by atoms with Crippen molar-refractivity contribution in [2.45, 2.75) is 52.2 Å². The molecule has 3 nitrogen and oxygen atoms in total. The molecule has 0 aromatic heterocycles. The molecule has 0 bridgehead atoms. The number of benzene rings is 1. The summed E-state index contributed by atoms with van der Waals surface area (Å²) in [6.45, 7) is 7.27. The van der Waals surface area contributed by atoms with E-state index in [1.165, 1.54) is 19.3 Å². The van der Waals surface area contributed by atoms with Gasteiger partial charge in [-0.3, -0.25) is 0 Å². The Bertz CT molecular complexity index is 461. The SMILES string of the molecule is COc1ccc(C)cc1C(O)CNC1CCCC(C)C1C. The van der Waals surface area contributed by atoms with Crippen molar-refractivity contribution in [3.8, 4) is 5.75 Å². The predicted octanol–water partition coefficient (Wildman–Crippen LogP) is 3.45. The van der Waals surface area contributed by atoms with Gasteiger partial charge < -0.3 is 15.2 Å². The van der Waals surface area contributed by atoms with Crippen molar-refractivity contribution in [3.63, 3.8) is 0 Å². The van der Waals surface area contributed by atoms with Crippen molar-refractivity contribution in [1.82, 2.24) is 5.32 Å². The summed E-state index contributed by atoms with van der Waals surface area (Å²) in [6.07, 6.45) is 3.30. The van der Waals surface area contributed by atoms with Crippen molar-refractivity contribution in [3.05, 3.63) is 29.3 Å². The summed E-state index contributed by atoms with van der Waals surface area (Å²) in [4.78, 5) is 0. The van der Waals surface area contributed by atoms with E-state index in [1.807, 2.05) is 25.1 Å². The Morgan fingerprint density at radius 1 is 1.33 bits per heavy atom. The van der Waals surface area contributed by atoms with Gasteiger partial charge in [-0.15, -0.1) is 0 Å². The zero-order valence-corrected chi connectivity index (χ0v) is 13.7. The molecule has 2 N–H and O–H groups in total. The zero-order chi connectivity index (χ0) is 15.4. The fraction of sp³-hybridized carbons (Fsp3) is 0.667. The lowest BCUT2D eigenvalue weighted by molar-refractivity contribution is 0.142. The first-order chi connectivity index (χ1) is 10.0. The van der Waals surface area contributed by atoms with E-state index in [0.717, 1.165) is 22.8 Å².